The van der Waals surface area contributed by atoms with Crippen LogP contribution >= 0.6 is 0 Å². The van der Waals surface area contributed by atoms with E-state index in [1.165, 1.54) is 0 Å². The minimum absolute atomic E-state index is 0.0604. The molecule has 0 heterocycles. The van der Waals surface area contributed by atoms with Gasteiger partial charge in [-0.05, 0) is 48.9 Å². The molecule has 0 radical (unpaired) electrons. The number of aldehydes is 1. The Morgan fingerprint density at radius 1 is 0.875 bits per heavy atom. The second-order valence-electron chi connectivity index (χ2n) is 12.8. The van der Waals surface area contributed by atoms with Gasteiger partial charge in [0, 0.05) is 17.5 Å². The van der Waals surface area contributed by atoms with Crippen LogP contribution in [0.5, 0.6) is 0 Å². The third-order valence-corrected chi connectivity index (χ3v) is 8.43. The number of hydrogen-bond acceptors (Lipinski definition) is 4. The Labute approximate surface area is 196 Å². The van der Waals surface area contributed by atoms with Crippen molar-refractivity contribution < 1.29 is 19.5 Å². The molecule has 188 valence electrons. The lowest BCUT2D eigenvalue weighted by atomic mass is 9.46. The smallest absolute Gasteiger partial charge is 0.307 e. The van der Waals surface area contributed by atoms with Gasteiger partial charge in [0.2, 0.25) is 5.91 Å². The van der Waals surface area contributed by atoms with Gasteiger partial charge in [-0.3, -0.25) is 9.59 Å². The fraction of sp³-hybridized carbons (Fsp3) is 0.885. The quantitative estimate of drug-likeness (QED) is 0.385. The van der Waals surface area contributed by atoms with Crippen molar-refractivity contribution >= 4 is 18.2 Å². The third-order valence-electron chi connectivity index (χ3n) is 8.43. The average molecular weight is 455 g/mol. The molecule has 0 saturated carbocycles. The zero-order valence-corrected chi connectivity index (χ0v) is 22.8. The van der Waals surface area contributed by atoms with E-state index in [2.05, 4.69) is 5.32 Å². The van der Waals surface area contributed by atoms with Gasteiger partial charge in [0.1, 0.15) is 6.29 Å². The zero-order valence-electron chi connectivity index (χ0n) is 22.8. The van der Waals surface area contributed by atoms with Gasteiger partial charge < -0.3 is 21.0 Å². The zero-order chi connectivity index (χ0) is 26.1. The number of carbonyl (C=O) groups excluding carboxylic acids is 2. The van der Waals surface area contributed by atoms with Gasteiger partial charge in [-0.2, -0.15) is 0 Å². The molecule has 4 unspecified atom stereocenters. The first-order valence-electron chi connectivity index (χ1n) is 11.8. The molecule has 0 spiro atoms. The number of carbonyl (C=O) groups is 3. The summed E-state index contributed by atoms with van der Waals surface area (Å²) in [6, 6.07) is -0.0604. The van der Waals surface area contributed by atoms with Crippen LogP contribution in [0, 0.1) is 39.4 Å². The van der Waals surface area contributed by atoms with Gasteiger partial charge in [0.05, 0.1) is 11.8 Å². The molecule has 0 saturated heterocycles. The maximum Gasteiger partial charge on any atom is 0.307 e. The summed E-state index contributed by atoms with van der Waals surface area (Å²) in [5.41, 5.74) is 2.95. The maximum absolute atomic E-state index is 13.3. The topological polar surface area (TPSA) is 109 Å². The Morgan fingerprint density at radius 2 is 1.31 bits per heavy atom. The maximum atomic E-state index is 13.3. The lowest BCUT2D eigenvalue weighted by Crippen LogP contribution is -2.68. The fourth-order valence-corrected chi connectivity index (χ4v) is 5.76. The van der Waals surface area contributed by atoms with E-state index in [1.54, 1.807) is 6.92 Å². The van der Waals surface area contributed by atoms with Crippen molar-refractivity contribution in [1.29, 1.82) is 0 Å². The first-order chi connectivity index (χ1) is 14.0. The van der Waals surface area contributed by atoms with Crippen LogP contribution in [0.2, 0.25) is 0 Å². The number of carboxylic acids is 1. The van der Waals surface area contributed by atoms with Gasteiger partial charge >= 0.3 is 5.97 Å². The molecule has 4 N–H and O–H groups in total. The van der Waals surface area contributed by atoms with Crippen LogP contribution < -0.4 is 11.1 Å². The molecule has 0 aliphatic heterocycles. The Bertz CT molecular complexity index is 684. The number of aliphatic carboxylic acids is 1. The van der Waals surface area contributed by atoms with E-state index in [0.717, 1.165) is 6.29 Å². The summed E-state index contributed by atoms with van der Waals surface area (Å²) in [4.78, 5) is 38.1. The summed E-state index contributed by atoms with van der Waals surface area (Å²) in [6.07, 6.45) is 1.55. The van der Waals surface area contributed by atoms with Crippen molar-refractivity contribution in [3.05, 3.63) is 0 Å². The van der Waals surface area contributed by atoms with Crippen molar-refractivity contribution in [2.24, 2.45) is 45.1 Å². The summed E-state index contributed by atoms with van der Waals surface area (Å²) >= 11 is 0. The largest absolute Gasteiger partial charge is 0.481 e. The minimum Gasteiger partial charge on any atom is -0.481 e. The highest BCUT2D eigenvalue weighted by atomic mass is 16.4. The van der Waals surface area contributed by atoms with Crippen molar-refractivity contribution in [3.8, 4) is 0 Å². The summed E-state index contributed by atoms with van der Waals surface area (Å²) in [6.45, 7) is 24.9. The van der Waals surface area contributed by atoms with E-state index >= 15 is 0 Å². The summed E-state index contributed by atoms with van der Waals surface area (Å²) < 4.78 is 0. The molecule has 0 aliphatic rings. The fourth-order valence-electron chi connectivity index (χ4n) is 5.76. The van der Waals surface area contributed by atoms with E-state index in [-0.39, 0.29) is 17.9 Å². The predicted molar refractivity (Wildman–Crippen MR) is 131 cm³/mol. The van der Waals surface area contributed by atoms with Gasteiger partial charge in [-0.15, -0.1) is 0 Å². The molecular weight excluding hydrogens is 404 g/mol. The predicted octanol–water partition coefficient (Wildman–Crippen LogP) is 4.90. The molecule has 0 aromatic carbocycles. The number of hydrogen-bond donors (Lipinski definition) is 3. The molecule has 1 amide bonds. The van der Waals surface area contributed by atoms with Gasteiger partial charge in [0.25, 0.3) is 0 Å². The van der Waals surface area contributed by atoms with E-state index in [0.29, 0.717) is 6.42 Å². The lowest BCUT2D eigenvalue weighted by molar-refractivity contribution is -0.171. The van der Waals surface area contributed by atoms with Crippen LogP contribution in [-0.4, -0.2) is 34.8 Å². The van der Waals surface area contributed by atoms with Crippen molar-refractivity contribution in [2.75, 3.05) is 0 Å². The highest BCUT2D eigenvalue weighted by Gasteiger charge is 2.62. The minimum atomic E-state index is -1.16. The lowest BCUT2D eigenvalue weighted by Gasteiger charge is -2.59. The van der Waals surface area contributed by atoms with E-state index in [4.69, 9.17) is 5.73 Å². The second-order valence-corrected chi connectivity index (χ2v) is 12.8. The molecule has 0 aromatic rings. The van der Waals surface area contributed by atoms with E-state index in [9.17, 15) is 19.5 Å². The third kappa shape index (κ3) is 5.55. The monoisotopic (exact) mass is 454 g/mol. The van der Waals surface area contributed by atoms with E-state index < -0.39 is 45.0 Å². The Morgan fingerprint density at radius 3 is 1.59 bits per heavy atom. The first-order valence-corrected chi connectivity index (χ1v) is 11.8. The standard InChI is InChI=1S/C26H50N2O4/c1-14-17(15-29)23(7,8)24(9,10)19(21(31)32)25(11,12)26(13,27)18(22(4,5)6)20(30)28-16(2)3/h15-19H,14,27H2,1-13H3,(H,28,30)(H,31,32). The highest BCUT2D eigenvalue weighted by Crippen LogP contribution is 2.58. The van der Waals surface area contributed by atoms with E-state index in [1.807, 2.05) is 83.1 Å². The number of rotatable bonds is 11. The first kappa shape index (κ1) is 30.6. The Hall–Kier alpha value is -1.43. The molecule has 4 atom stereocenters. The molecule has 32 heavy (non-hydrogen) atoms. The van der Waals surface area contributed by atoms with Gasteiger partial charge in [-0.1, -0.05) is 69.2 Å². The van der Waals surface area contributed by atoms with Crippen LogP contribution in [0.3, 0.4) is 0 Å². The molecule has 0 fully saturated rings. The molecular formula is C26H50N2O4. The molecule has 0 aromatic heterocycles. The van der Waals surface area contributed by atoms with Crippen LogP contribution in [-0.2, 0) is 14.4 Å². The average Bonchev–Trinajstić information content (AvgIpc) is 2.51. The normalized spacial score (nSPS) is 18.5. The van der Waals surface area contributed by atoms with Crippen molar-refractivity contribution in [1.82, 2.24) is 5.32 Å². The number of nitrogens with two attached hydrogens (primary N) is 1. The van der Waals surface area contributed by atoms with Crippen LogP contribution in [0.15, 0.2) is 0 Å². The Kier molecular flexibility index (Phi) is 9.38. The summed E-state index contributed by atoms with van der Waals surface area (Å²) in [5.74, 6) is -3.00. The summed E-state index contributed by atoms with van der Waals surface area (Å²) in [5, 5.41) is 13.5. The number of amides is 1. The second kappa shape index (κ2) is 9.82. The SMILES string of the molecule is CCC(C=O)C(C)(C)C(C)(C)C(C(=O)O)C(C)(C)C(C)(N)C(C(=O)NC(C)C)C(C)(C)C. The highest BCUT2D eigenvalue weighted by molar-refractivity contribution is 5.82. The molecule has 6 nitrogen and oxygen atoms in total. The van der Waals surface area contributed by atoms with Crippen LogP contribution in [0.25, 0.3) is 0 Å². The molecule has 0 rings (SSSR count). The van der Waals surface area contributed by atoms with Crippen molar-refractivity contribution in [3.63, 3.8) is 0 Å². The van der Waals surface area contributed by atoms with Crippen LogP contribution in [0.4, 0.5) is 0 Å². The molecule has 0 aliphatic carbocycles. The van der Waals surface area contributed by atoms with Crippen molar-refractivity contribution in [2.45, 2.75) is 108 Å². The summed E-state index contributed by atoms with van der Waals surface area (Å²) in [7, 11) is 0. The number of carboxylic acid groups (broad SMARTS) is 1. The number of nitrogens with one attached hydrogen (secondary N) is 1. The Balaban J connectivity index is 6.89. The molecule has 6 heteroatoms. The molecule has 0 bridgehead atoms. The van der Waals surface area contributed by atoms with Gasteiger partial charge in [0.15, 0.2) is 0 Å². The van der Waals surface area contributed by atoms with Gasteiger partial charge in [-0.25, -0.2) is 0 Å². The van der Waals surface area contributed by atoms with Crippen LogP contribution in [0.1, 0.15) is 96.4 Å².